The molecule has 0 radical (unpaired) electrons. The van der Waals surface area contributed by atoms with Crippen molar-refractivity contribution >= 4 is 81.8 Å². The van der Waals surface area contributed by atoms with Crippen molar-refractivity contribution in [3.8, 4) is 0 Å². The predicted molar refractivity (Wildman–Crippen MR) is 237 cm³/mol. The molecule has 0 aliphatic carbocycles. The summed E-state index contributed by atoms with van der Waals surface area (Å²) in [6, 6.07) is 4.75. The van der Waals surface area contributed by atoms with Crippen molar-refractivity contribution in [3.05, 3.63) is 183 Å². The zero-order valence-electron chi connectivity index (χ0n) is 36.9. The topological polar surface area (TPSA) is 30.2 Å². The van der Waals surface area contributed by atoms with E-state index in [0.29, 0.717) is 5.56 Å². The third kappa shape index (κ3) is 15.6. The fourth-order valence-electron chi connectivity index (χ4n) is 7.73. The second kappa shape index (κ2) is 21.6. The minimum atomic E-state index is -6.13. The highest BCUT2D eigenvalue weighted by Gasteiger charge is 2.47. The maximum absolute atomic E-state index is 14.2. The number of hydrogen-bond acceptors (Lipinski definition) is 2. The van der Waals surface area contributed by atoms with Crippen molar-refractivity contribution in [1.82, 2.24) is 0 Å². The summed E-state index contributed by atoms with van der Waals surface area (Å²) in [5.74, 6) is -0.428. The number of pyridine rings is 1. The number of alkyl halides is 27. The number of nitrogens with zero attached hydrogens (tertiary/aromatic N) is 1. The highest BCUT2D eigenvalue weighted by molar-refractivity contribution is 9.39. The summed E-state index contributed by atoms with van der Waals surface area (Å²) in [7, 11) is 0. The smallest absolute Gasteiger partial charge is 0.416 e. The van der Waals surface area contributed by atoms with E-state index in [1.807, 2.05) is 35.2 Å². The number of rotatable bonds is 7. The molecule has 0 aliphatic rings. The average molecular weight is 1330 g/mol. The molecule has 6 rings (SSSR count). The van der Waals surface area contributed by atoms with Crippen LogP contribution in [-0.2, 0) is 60.7 Å². The Hall–Kier alpha value is -5.46. The summed E-state index contributed by atoms with van der Waals surface area (Å²) in [5.41, 5.74) is -28.5. The van der Waals surface area contributed by atoms with Crippen LogP contribution in [0.2, 0.25) is 0 Å². The Morgan fingerprint density at radius 3 is 0.818 bits per heavy atom. The molecule has 0 fully saturated rings. The van der Waals surface area contributed by atoms with Gasteiger partial charge in [-0.2, -0.15) is 127 Å². The van der Waals surface area contributed by atoms with Crippen LogP contribution in [-0.4, -0.2) is 14.4 Å². The Morgan fingerprint density at radius 2 is 0.610 bits per heavy atom. The lowest BCUT2D eigenvalue weighted by atomic mass is 9.12. The normalized spacial score (nSPS) is 13.5. The standard InChI is InChI=1S/C32H12BF24.C14H11Br3NO2/c34-25(35,36)13-1-14(26(37,38)39)6-21(5-13)33(22-7-15(27(40,41)42)2-16(8-22)28(43,44)45,23-9-17(29(46,47)48)3-18(10-23)30(49,50)51)24-11-19(31(52,53)54)4-20(12-24)32(55,56)57;15-14(16,17)20-13(19)12-6-8-18(9-7-12)10-11-4-2-1-3-5-11/h1-12H;1-9H,10H2/q-1;+1. The maximum atomic E-state index is 14.2. The Balaban J connectivity index is 0.000000455. The SMILES string of the molecule is FC(F)(F)c1cc([B-](c2cc(C(F)(F)F)cc(C(F)(F)F)c2)(c2cc(C(F)(F)F)cc(C(F)(F)F)c2)c2cc(C(F)(F)F)cc(C(F)(F)F)c2)cc(C(F)(F)F)c1.O=C(OC(Br)(Br)Br)c1cc[n+](Cc2ccccc2)cc1. The van der Waals surface area contributed by atoms with Gasteiger partial charge in [-0.15, -0.1) is 0 Å². The highest BCUT2D eigenvalue weighted by atomic mass is 80.0. The van der Waals surface area contributed by atoms with Gasteiger partial charge in [0.25, 0.3) is 2.33 Å². The number of carbonyl (C=O) groups is 1. The number of ether oxygens (including phenoxy) is 1. The van der Waals surface area contributed by atoms with E-state index in [0.717, 1.165) is 6.54 Å². The van der Waals surface area contributed by atoms with Crippen molar-refractivity contribution in [3.63, 3.8) is 0 Å². The molecule has 1 heterocycles. The zero-order valence-corrected chi connectivity index (χ0v) is 41.6. The zero-order chi connectivity index (χ0) is 58.5. The molecule has 0 atom stereocenters. The molecule has 6 aromatic rings. The molecule has 77 heavy (non-hydrogen) atoms. The minimum Gasteiger partial charge on any atom is -0.423 e. The highest BCUT2D eigenvalue weighted by Crippen LogP contribution is 2.42. The van der Waals surface area contributed by atoms with Crippen LogP contribution >= 0.6 is 47.8 Å². The Bertz CT molecular complexity index is 2640. The molecule has 5 aromatic carbocycles. The molecule has 0 bridgehead atoms. The first-order chi connectivity index (χ1) is 34.7. The molecule has 3 nitrogen and oxygen atoms in total. The van der Waals surface area contributed by atoms with Gasteiger partial charge in [-0.1, -0.05) is 78.9 Å². The Morgan fingerprint density at radius 1 is 0.377 bits per heavy atom. The molecule has 0 amide bonds. The summed E-state index contributed by atoms with van der Waals surface area (Å²) >= 11 is 9.36. The van der Waals surface area contributed by atoms with Gasteiger partial charge in [0.05, 0.1) is 50.1 Å². The first-order valence-electron chi connectivity index (χ1n) is 20.4. The summed E-state index contributed by atoms with van der Waals surface area (Å²) in [4.78, 5) is 11.8. The summed E-state index contributed by atoms with van der Waals surface area (Å²) < 4.78 is 347. The van der Waals surface area contributed by atoms with Gasteiger partial charge in [-0.3, -0.25) is 0 Å². The molecule has 0 saturated carbocycles. The van der Waals surface area contributed by atoms with Crippen LogP contribution in [0.25, 0.3) is 0 Å². The van der Waals surface area contributed by atoms with Gasteiger partial charge in [0, 0.05) is 17.7 Å². The first-order valence-corrected chi connectivity index (χ1v) is 22.8. The molecular formula is C46H23BBr3F24NO2. The van der Waals surface area contributed by atoms with E-state index in [4.69, 9.17) is 4.74 Å². The summed E-state index contributed by atoms with van der Waals surface area (Å²) in [6.45, 7) is 0.759. The van der Waals surface area contributed by atoms with E-state index in [1.165, 1.54) is 5.56 Å². The fraction of sp³-hybridized carbons (Fsp3) is 0.217. The van der Waals surface area contributed by atoms with Crippen LogP contribution in [0, 0.1) is 0 Å². The van der Waals surface area contributed by atoms with Crippen LogP contribution < -0.4 is 26.4 Å². The lowest BCUT2D eigenvalue weighted by Gasteiger charge is -2.46. The number of benzene rings is 5. The molecule has 416 valence electrons. The van der Waals surface area contributed by atoms with Gasteiger partial charge in [0.15, 0.2) is 18.9 Å². The van der Waals surface area contributed by atoms with Crippen molar-refractivity contribution in [2.24, 2.45) is 0 Å². The van der Waals surface area contributed by atoms with Crippen LogP contribution in [0.4, 0.5) is 105 Å². The maximum Gasteiger partial charge on any atom is 0.416 e. The van der Waals surface area contributed by atoms with E-state index in [9.17, 15) is 110 Å². The second-order valence-electron chi connectivity index (χ2n) is 16.3. The van der Waals surface area contributed by atoms with Crippen LogP contribution in [0.15, 0.2) is 128 Å². The van der Waals surface area contributed by atoms with Crippen molar-refractivity contribution in [1.29, 1.82) is 0 Å². The molecule has 0 unspecified atom stereocenters. The first kappa shape index (κ1) is 62.4. The predicted octanol–water partition coefficient (Wildman–Crippen LogP) is 15.2. The largest absolute Gasteiger partial charge is 0.423 e. The van der Waals surface area contributed by atoms with Crippen molar-refractivity contribution in [2.45, 2.75) is 58.3 Å². The van der Waals surface area contributed by atoms with Gasteiger partial charge in [0.1, 0.15) is 6.15 Å². The number of halogens is 27. The molecular weight excluding hydrogens is 1300 g/mol. The lowest BCUT2D eigenvalue weighted by molar-refractivity contribution is -0.688. The van der Waals surface area contributed by atoms with E-state index < -0.39 is 203 Å². The number of aromatic nitrogens is 1. The third-order valence-corrected chi connectivity index (χ3v) is 11.5. The third-order valence-electron chi connectivity index (χ3n) is 11.0. The molecule has 0 N–H and O–H groups in total. The van der Waals surface area contributed by atoms with Gasteiger partial charge < -0.3 is 4.74 Å². The lowest BCUT2D eigenvalue weighted by Crippen LogP contribution is -2.75. The quantitative estimate of drug-likeness (QED) is 0.0524. The van der Waals surface area contributed by atoms with Crippen LogP contribution in [0.1, 0.15) is 60.4 Å². The molecule has 0 aliphatic heterocycles. The minimum absolute atomic E-state index is 0.428. The molecule has 0 saturated heterocycles. The van der Waals surface area contributed by atoms with Crippen LogP contribution in [0.5, 0.6) is 0 Å². The number of esters is 1. The van der Waals surface area contributed by atoms with Crippen molar-refractivity contribution in [2.75, 3.05) is 0 Å². The molecule has 1 aromatic heterocycles. The molecule has 0 spiro atoms. The average Bonchev–Trinajstić information content (AvgIpc) is 3.27. The number of hydrogen-bond donors (Lipinski definition) is 0. The summed E-state index contributed by atoms with van der Waals surface area (Å²) in [6.07, 6.45) is -51.1. The van der Waals surface area contributed by atoms with E-state index >= 15 is 0 Å². The van der Waals surface area contributed by atoms with Gasteiger partial charge in [0.2, 0.25) is 0 Å². The van der Waals surface area contributed by atoms with Crippen LogP contribution in [0.3, 0.4) is 0 Å². The Labute approximate surface area is 441 Å². The fourth-order valence-corrected chi connectivity index (χ4v) is 8.17. The number of carbonyl (C=O) groups excluding carboxylic acids is 1. The van der Waals surface area contributed by atoms with Crippen molar-refractivity contribution < 1.29 is 119 Å². The Kier molecular flexibility index (Phi) is 17.5. The van der Waals surface area contributed by atoms with E-state index in [-0.39, 0.29) is 0 Å². The molecule has 31 heteroatoms. The monoisotopic (exact) mass is 1320 g/mol. The van der Waals surface area contributed by atoms with Gasteiger partial charge in [-0.25, -0.2) is 9.36 Å². The van der Waals surface area contributed by atoms with E-state index in [1.54, 1.807) is 12.1 Å². The van der Waals surface area contributed by atoms with Gasteiger partial charge in [-0.05, 0) is 72.1 Å². The summed E-state index contributed by atoms with van der Waals surface area (Å²) in [5, 5.41) is 0. The van der Waals surface area contributed by atoms with Gasteiger partial charge >= 0.3 is 55.4 Å². The second-order valence-corrected chi connectivity index (χ2v) is 22.8. The van der Waals surface area contributed by atoms with E-state index in [2.05, 4.69) is 59.9 Å².